The van der Waals surface area contributed by atoms with Crippen LogP contribution in [0.5, 0.6) is 0 Å². The summed E-state index contributed by atoms with van der Waals surface area (Å²) < 4.78 is 10.1. The highest BCUT2D eigenvalue weighted by Crippen LogP contribution is 2.33. The Kier molecular flexibility index (Phi) is 6.26. The zero-order chi connectivity index (χ0) is 15.9. The van der Waals surface area contributed by atoms with Crippen LogP contribution in [0, 0.1) is 12.3 Å². The molecule has 0 aliphatic rings. The standard InChI is InChI=1S/C16H17ClO4/c1-4-10-16(14(18)20-5-2,15(19)21-6-3)12-8-7-9-13(17)11-12/h1,7-9,11H,5-6,10H2,2-3H3. The molecule has 0 N–H and O–H groups in total. The van der Waals surface area contributed by atoms with Crippen LogP contribution in [-0.2, 0) is 24.5 Å². The Morgan fingerprint density at radius 3 is 2.24 bits per heavy atom. The summed E-state index contributed by atoms with van der Waals surface area (Å²) in [4.78, 5) is 24.8. The van der Waals surface area contributed by atoms with E-state index in [1.54, 1.807) is 32.0 Å². The van der Waals surface area contributed by atoms with Crippen molar-refractivity contribution < 1.29 is 19.1 Å². The van der Waals surface area contributed by atoms with Gasteiger partial charge in [-0.1, -0.05) is 23.7 Å². The van der Waals surface area contributed by atoms with Gasteiger partial charge in [0.1, 0.15) is 0 Å². The second-order valence-electron chi connectivity index (χ2n) is 4.24. The molecule has 0 spiro atoms. The predicted molar refractivity (Wildman–Crippen MR) is 79.8 cm³/mol. The van der Waals surface area contributed by atoms with E-state index in [-0.39, 0.29) is 19.6 Å². The Labute approximate surface area is 129 Å². The number of carbonyl (C=O) groups is 2. The highest BCUT2D eigenvalue weighted by molar-refractivity contribution is 6.30. The zero-order valence-corrected chi connectivity index (χ0v) is 12.8. The minimum absolute atomic E-state index is 0.130. The van der Waals surface area contributed by atoms with E-state index in [2.05, 4.69) is 5.92 Å². The average Bonchev–Trinajstić information content (AvgIpc) is 2.45. The van der Waals surface area contributed by atoms with E-state index in [0.717, 1.165) is 0 Å². The molecule has 0 aliphatic heterocycles. The molecule has 0 radical (unpaired) electrons. The van der Waals surface area contributed by atoms with E-state index in [0.29, 0.717) is 10.6 Å². The molecule has 0 atom stereocenters. The maximum Gasteiger partial charge on any atom is 0.329 e. The molecule has 5 heteroatoms. The third-order valence-corrected chi connectivity index (χ3v) is 3.17. The van der Waals surface area contributed by atoms with Gasteiger partial charge in [0, 0.05) is 11.4 Å². The topological polar surface area (TPSA) is 52.6 Å². The predicted octanol–water partition coefficient (Wildman–Crippen LogP) is 2.73. The molecule has 0 unspecified atom stereocenters. The first-order valence-electron chi connectivity index (χ1n) is 6.56. The molecular formula is C16H17ClO4. The van der Waals surface area contributed by atoms with Gasteiger partial charge in [0.25, 0.3) is 0 Å². The van der Waals surface area contributed by atoms with Gasteiger partial charge in [0.2, 0.25) is 5.41 Å². The first kappa shape index (κ1) is 17.1. The Morgan fingerprint density at radius 2 is 1.81 bits per heavy atom. The lowest BCUT2D eigenvalue weighted by Gasteiger charge is -2.28. The van der Waals surface area contributed by atoms with Gasteiger partial charge in [-0.15, -0.1) is 12.3 Å². The molecule has 1 rings (SSSR count). The normalized spacial score (nSPS) is 10.6. The minimum atomic E-state index is -1.69. The van der Waals surface area contributed by atoms with Crippen molar-refractivity contribution in [2.75, 3.05) is 13.2 Å². The van der Waals surface area contributed by atoms with Gasteiger partial charge in [0.05, 0.1) is 13.2 Å². The summed E-state index contributed by atoms with van der Waals surface area (Å²) in [5.74, 6) is 0.895. The second-order valence-corrected chi connectivity index (χ2v) is 4.67. The third kappa shape index (κ3) is 3.56. The maximum atomic E-state index is 12.4. The molecular weight excluding hydrogens is 292 g/mol. The molecule has 0 aliphatic carbocycles. The molecule has 4 nitrogen and oxygen atoms in total. The Hall–Kier alpha value is -1.99. The Bertz CT molecular complexity index is 542. The minimum Gasteiger partial charge on any atom is -0.465 e. The fourth-order valence-electron chi connectivity index (χ4n) is 1.98. The van der Waals surface area contributed by atoms with Gasteiger partial charge in [-0.05, 0) is 31.5 Å². The van der Waals surface area contributed by atoms with Crippen molar-refractivity contribution in [2.24, 2.45) is 0 Å². The van der Waals surface area contributed by atoms with E-state index in [1.807, 2.05) is 0 Å². The molecule has 0 saturated heterocycles. The number of ether oxygens (including phenoxy) is 2. The van der Waals surface area contributed by atoms with E-state index in [4.69, 9.17) is 27.5 Å². The first-order chi connectivity index (χ1) is 10.0. The fourth-order valence-corrected chi connectivity index (χ4v) is 2.17. The van der Waals surface area contributed by atoms with Crippen molar-refractivity contribution in [1.29, 1.82) is 0 Å². The van der Waals surface area contributed by atoms with Gasteiger partial charge >= 0.3 is 11.9 Å². The molecule has 0 fully saturated rings. The number of benzene rings is 1. The molecule has 0 heterocycles. The van der Waals surface area contributed by atoms with E-state index < -0.39 is 17.4 Å². The van der Waals surface area contributed by atoms with Crippen LogP contribution in [0.25, 0.3) is 0 Å². The summed E-state index contributed by atoms with van der Waals surface area (Å²) >= 11 is 5.96. The summed E-state index contributed by atoms with van der Waals surface area (Å²) in [5.41, 5.74) is -1.32. The van der Waals surface area contributed by atoms with Gasteiger partial charge in [-0.2, -0.15) is 0 Å². The molecule has 0 saturated carbocycles. The van der Waals surface area contributed by atoms with Crippen molar-refractivity contribution in [1.82, 2.24) is 0 Å². The third-order valence-electron chi connectivity index (χ3n) is 2.93. The Morgan fingerprint density at radius 1 is 1.24 bits per heavy atom. The van der Waals surface area contributed by atoms with E-state index >= 15 is 0 Å². The highest BCUT2D eigenvalue weighted by Gasteiger charge is 2.50. The van der Waals surface area contributed by atoms with Gasteiger partial charge in [-0.3, -0.25) is 9.59 Å². The maximum absolute atomic E-state index is 12.4. The van der Waals surface area contributed by atoms with Crippen molar-refractivity contribution in [2.45, 2.75) is 25.7 Å². The van der Waals surface area contributed by atoms with Gasteiger partial charge in [-0.25, -0.2) is 0 Å². The lowest BCUT2D eigenvalue weighted by Crippen LogP contribution is -2.46. The number of rotatable bonds is 6. The summed E-state index contributed by atoms with van der Waals surface area (Å²) in [5, 5.41) is 0.391. The monoisotopic (exact) mass is 308 g/mol. The van der Waals surface area contributed by atoms with E-state index in [9.17, 15) is 9.59 Å². The van der Waals surface area contributed by atoms with Crippen LogP contribution in [-0.4, -0.2) is 25.2 Å². The molecule has 0 aromatic heterocycles. The van der Waals surface area contributed by atoms with Crippen LogP contribution < -0.4 is 0 Å². The summed E-state index contributed by atoms with van der Waals surface area (Å²) in [6.45, 7) is 3.57. The molecule has 112 valence electrons. The number of hydrogen-bond acceptors (Lipinski definition) is 4. The zero-order valence-electron chi connectivity index (χ0n) is 12.0. The van der Waals surface area contributed by atoms with Crippen molar-refractivity contribution >= 4 is 23.5 Å². The smallest absolute Gasteiger partial charge is 0.329 e. The first-order valence-corrected chi connectivity index (χ1v) is 6.94. The van der Waals surface area contributed by atoms with Crippen molar-refractivity contribution in [3.05, 3.63) is 34.9 Å². The summed E-state index contributed by atoms with van der Waals surface area (Å²) in [6, 6.07) is 6.41. The largest absolute Gasteiger partial charge is 0.465 e. The van der Waals surface area contributed by atoms with E-state index in [1.165, 1.54) is 6.07 Å². The van der Waals surface area contributed by atoms with Gasteiger partial charge < -0.3 is 9.47 Å². The number of terminal acetylenes is 1. The number of carbonyl (C=O) groups excluding carboxylic acids is 2. The number of hydrogen-bond donors (Lipinski definition) is 0. The van der Waals surface area contributed by atoms with Crippen molar-refractivity contribution in [3.63, 3.8) is 0 Å². The van der Waals surface area contributed by atoms with Crippen LogP contribution in [0.15, 0.2) is 24.3 Å². The van der Waals surface area contributed by atoms with Crippen molar-refractivity contribution in [3.8, 4) is 12.3 Å². The fraction of sp³-hybridized carbons (Fsp3) is 0.375. The molecule has 21 heavy (non-hydrogen) atoms. The quantitative estimate of drug-likeness (QED) is 0.460. The van der Waals surface area contributed by atoms with Crippen LogP contribution in [0.4, 0.5) is 0 Å². The lowest BCUT2D eigenvalue weighted by atomic mass is 9.77. The molecule has 0 amide bonds. The number of esters is 2. The Balaban J connectivity index is 3.47. The summed E-state index contributed by atoms with van der Waals surface area (Å²) in [6.07, 6.45) is 5.20. The average molecular weight is 309 g/mol. The molecule has 1 aromatic rings. The van der Waals surface area contributed by atoms with Crippen LogP contribution in [0.3, 0.4) is 0 Å². The second kappa shape index (κ2) is 7.70. The van der Waals surface area contributed by atoms with Crippen LogP contribution in [0.1, 0.15) is 25.8 Å². The van der Waals surface area contributed by atoms with Gasteiger partial charge in [0.15, 0.2) is 0 Å². The molecule has 0 bridgehead atoms. The number of halogens is 1. The van der Waals surface area contributed by atoms with Crippen LogP contribution in [0.2, 0.25) is 5.02 Å². The van der Waals surface area contributed by atoms with Crippen LogP contribution >= 0.6 is 11.6 Å². The highest BCUT2D eigenvalue weighted by atomic mass is 35.5. The lowest BCUT2D eigenvalue weighted by molar-refractivity contribution is -0.164. The molecule has 1 aromatic carbocycles. The SMILES string of the molecule is C#CCC(C(=O)OCC)(C(=O)OCC)c1cccc(Cl)c1. The summed E-state index contributed by atoms with van der Waals surface area (Å²) in [7, 11) is 0.